The number of carbonyl (C=O) groups is 1. The first-order chi connectivity index (χ1) is 7.07. The van der Waals surface area contributed by atoms with E-state index < -0.39 is 0 Å². The van der Waals surface area contributed by atoms with Crippen molar-refractivity contribution in [3.8, 4) is 0 Å². The SMILES string of the molecule is CCCCOCCC(NC(C)C)C(N)=O. The lowest BCUT2D eigenvalue weighted by Gasteiger charge is -2.17. The molecular weight excluding hydrogens is 192 g/mol. The maximum Gasteiger partial charge on any atom is 0.234 e. The van der Waals surface area contributed by atoms with Crippen molar-refractivity contribution in [2.75, 3.05) is 13.2 Å². The number of hydrogen-bond donors (Lipinski definition) is 2. The van der Waals surface area contributed by atoms with Gasteiger partial charge in [0.2, 0.25) is 5.91 Å². The Hall–Kier alpha value is -0.610. The third-order valence-electron chi connectivity index (χ3n) is 2.07. The van der Waals surface area contributed by atoms with Gasteiger partial charge in [-0.15, -0.1) is 0 Å². The predicted octanol–water partition coefficient (Wildman–Crippen LogP) is 1.05. The van der Waals surface area contributed by atoms with E-state index in [0.717, 1.165) is 19.4 Å². The van der Waals surface area contributed by atoms with Crippen LogP contribution in [0.3, 0.4) is 0 Å². The van der Waals surface area contributed by atoms with Crippen molar-refractivity contribution in [1.29, 1.82) is 0 Å². The number of ether oxygens (including phenoxy) is 1. The lowest BCUT2D eigenvalue weighted by atomic mass is 10.2. The molecule has 0 spiro atoms. The van der Waals surface area contributed by atoms with Gasteiger partial charge in [-0.2, -0.15) is 0 Å². The molecule has 4 nitrogen and oxygen atoms in total. The second kappa shape index (κ2) is 8.68. The maximum absolute atomic E-state index is 11.1. The number of nitrogens with two attached hydrogens (primary N) is 1. The summed E-state index contributed by atoms with van der Waals surface area (Å²) in [6.45, 7) is 7.47. The van der Waals surface area contributed by atoms with Crippen molar-refractivity contribution >= 4 is 5.91 Å². The third kappa shape index (κ3) is 8.39. The number of rotatable bonds is 9. The molecule has 90 valence electrons. The van der Waals surface area contributed by atoms with Crippen LogP contribution in [0.2, 0.25) is 0 Å². The first-order valence-corrected chi connectivity index (χ1v) is 5.71. The van der Waals surface area contributed by atoms with Crippen LogP contribution >= 0.6 is 0 Å². The van der Waals surface area contributed by atoms with Crippen LogP contribution in [0.5, 0.6) is 0 Å². The summed E-state index contributed by atoms with van der Waals surface area (Å²) in [5.41, 5.74) is 5.27. The van der Waals surface area contributed by atoms with E-state index in [1.807, 2.05) is 13.8 Å². The highest BCUT2D eigenvalue weighted by Crippen LogP contribution is 1.96. The molecule has 0 aliphatic heterocycles. The lowest BCUT2D eigenvalue weighted by molar-refractivity contribution is -0.120. The molecule has 15 heavy (non-hydrogen) atoms. The highest BCUT2D eigenvalue weighted by atomic mass is 16.5. The predicted molar refractivity (Wildman–Crippen MR) is 61.6 cm³/mol. The lowest BCUT2D eigenvalue weighted by Crippen LogP contribution is -2.45. The van der Waals surface area contributed by atoms with Crippen molar-refractivity contribution < 1.29 is 9.53 Å². The fourth-order valence-electron chi connectivity index (χ4n) is 1.26. The Morgan fingerprint density at radius 2 is 2.07 bits per heavy atom. The van der Waals surface area contributed by atoms with E-state index in [1.54, 1.807) is 0 Å². The van der Waals surface area contributed by atoms with E-state index in [4.69, 9.17) is 10.5 Å². The zero-order valence-corrected chi connectivity index (χ0v) is 10.1. The average molecular weight is 216 g/mol. The van der Waals surface area contributed by atoms with Gasteiger partial charge in [0.15, 0.2) is 0 Å². The Labute approximate surface area is 92.6 Å². The second-order valence-electron chi connectivity index (χ2n) is 4.03. The molecule has 0 bridgehead atoms. The molecule has 3 N–H and O–H groups in total. The van der Waals surface area contributed by atoms with Crippen molar-refractivity contribution in [2.45, 2.75) is 52.1 Å². The number of primary amides is 1. The Balaban J connectivity index is 3.62. The number of carbonyl (C=O) groups excluding carboxylic acids is 1. The Bertz CT molecular complexity index is 172. The summed E-state index contributed by atoms with van der Waals surface area (Å²) < 4.78 is 5.39. The van der Waals surface area contributed by atoms with Gasteiger partial charge in [-0.3, -0.25) is 4.79 Å². The van der Waals surface area contributed by atoms with Crippen LogP contribution in [0.4, 0.5) is 0 Å². The van der Waals surface area contributed by atoms with E-state index in [-0.39, 0.29) is 18.0 Å². The quantitative estimate of drug-likeness (QED) is 0.566. The van der Waals surface area contributed by atoms with Crippen LogP contribution < -0.4 is 11.1 Å². The minimum absolute atomic E-state index is 0.262. The molecule has 0 saturated heterocycles. The molecule has 0 saturated carbocycles. The van der Waals surface area contributed by atoms with Crippen LogP contribution in [0, 0.1) is 0 Å². The topological polar surface area (TPSA) is 64.3 Å². The molecule has 0 fully saturated rings. The average Bonchev–Trinajstić information content (AvgIpc) is 2.15. The molecule has 0 aliphatic carbocycles. The zero-order chi connectivity index (χ0) is 11.7. The minimum Gasteiger partial charge on any atom is -0.381 e. The standard InChI is InChI=1S/C11H24N2O2/c1-4-5-7-15-8-6-10(11(12)14)13-9(2)3/h9-10,13H,4-8H2,1-3H3,(H2,12,14). The minimum atomic E-state index is -0.303. The van der Waals surface area contributed by atoms with Crippen LogP contribution in [0.25, 0.3) is 0 Å². The Morgan fingerprint density at radius 3 is 2.53 bits per heavy atom. The molecule has 0 heterocycles. The van der Waals surface area contributed by atoms with E-state index in [9.17, 15) is 4.79 Å². The number of amides is 1. The summed E-state index contributed by atoms with van der Waals surface area (Å²) >= 11 is 0. The first kappa shape index (κ1) is 14.4. The van der Waals surface area contributed by atoms with Crippen molar-refractivity contribution in [1.82, 2.24) is 5.32 Å². The summed E-state index contributed by atoms with van der Waals surface area (Å²) in [4.78, 5) is 11.1. The fraction of sp³-hybridized carbons (Fsp3) is 0.909. The van der Waals surface area contributed by atoms with Crippen LogP contribution in [0.1, 0.15) is 40.0 Å². The van der Waals surface area contributed by atoms with E-state index in [1.165, 1.54) is 0 Å². The number of hydrogen-bond acceptors (Lipinski definition) is 3. The molecule has 0 aromatic rings. The molecule has 4 heteroatoms. The van der Waals surface area contributed by atoms with Crippen LogP contribution in [0.15, 0.2) is 0 Å². The molecule has 1 unspecified atom stereocenters. The summed E-state index contributed by atoms with van der Waals surface area (Å²) in [6, 6.07) is -0.00947. The van der Waals surface area contributed by atoms with Crippen LogP contribution in [-0.2, 0) is 9.53 Å². The van der Waals surface area contributed by atoms with Crippen molar-refractivity contribution in [3.63, 3.8) is 0 Å². The highest BCUT2D eigenvalue weighted by molar-refractivity contribution is 5.79. The summed E-state index contributed by atoms with van der Waals surface area (Å²) in [5.74, 6) is -0.303. The summed E-state index contributed by atoms with van der Waals surface area (Å²) in [6.07, 6.45) is 2.85. The normalized spacial score (nSPS) is 13.1. The molecule has 1 amide bonds. The van der Waals surface area contributed by atoms with Crippen molar-refractivity contribution in [2.24, 2.45) is 5.73 Å². The van der Waals surface area contributed by atoms with E-state index >= 15 is 0 Å². The molecule has 0 aromatic carbocycles. The molecular formula is C11H24N2O2. The Morgan fingerprint density at radius 1 is 1.40 bits per heavy atom. The number of nitrogens with one attached hydrogen (secondary N) is 1. The summed E-state index contributed by atoms with van der Waals surface area (Å²) in [7, 11) is 0. The van der Waals surface area contributed by atoms with E-state index in [2.05, 4.69) is 12.2 Å². The molecule has 1 atom stereocenters. The maximum atomic E-state index is 11.1. The molecule has 0 aliphatic rings. The van der Waals surface area contributed by atoms with Gasteiger partial charge in [0.1, 0.15) is 0 Å². The summed E-state index contributed by atoms with van der Waals surface area (Å²) in [5, 5.41) is 3.12. The van der Waals surface area contributed by atoms with Gasteiger partial charge in [0, 0.05) is 19.3 Å². The van der Waals surface area contributed by atoms with Gasteiger partial charge in [-0.05, 0) is 12.8 Å². The molecule has 0 aromatic heterocycles. The van der Waals surface area contributed by atoms with Gasteiger partial charge < -0.3 is 15.8 Å². The highest BCUT2D eigenvalue weighted by Gasteiger charge is 2.15. The smallest absolute Gasteiger partial charge is 0.234 e. The monoisotopic (exact) mass is 216 g/mol. The van der Waals surface area contributed by atoms with Gasteiger partial charge in [-0.25, -0.2) is 0 Å². The van der Waals surface area contributed by atoms with Gasteiger partial charge in [-0.1, -0.05) is 27.2 Å². The van der Waals surface area contributed by atoms with Crippen molar-refractivity contribution in [3.05, 3.63) is 0 Å². The number of unbranched alkanes of at least 4 members (excludes halogenated alkanes) is 1. The van der Waals surface area contributed by atoms with Gasteiger partial charge in [0.05, 0.1) is 6.04 Å². The van der Waals surface area contributed by atoms with Gasteiger partial charge >= 0.3 is 0 Å². The largest absolute Gasteiger partial charge is 0.381 e. The first-order valence-electron chi connectivity index (χ1n) is 5.71. The molecule has 0 radical (unpaired) electrons. The zero-order valence-electron chi connectivity index (χ0n) is 10.1. The van der Waals surface area contributed by atoms with Crippen LogP contribution in [-0.4, -0.2) is 31.2 Å². The molecule has 0 rings (SSSR count). The Kier molecular flexibility index (Phi) is 8.33. The third-order valence-corrected chi connectivity index (χ3v) is 2.07. The second-order valence-corrected chi connectivity index (χ2v) is 4.03. The van der Waals surface area contributed by atoms with E-state index in [0.29, 0.717) is 13.0 Å². The van der Waals surface area contributed by atoms with Gasteiger partial charge in [0.25, 0.3) is 0 Å². The fourth-order valence-corrected chi connectivity index (χ4v) is 1.26.